The quantitative estimate of drug-likeness (QED) is 0.872. The second kappa shape index (κ2) is 5.79. The molecule has 1 aliphatic rings. The molecule has 1 aliphatic heterocycles. The molecule has 1 fully saturated rings. The molecule has 1 atom stereocenters. The largest absolute Gasteiger partial charge is 0.338 e. The van der Waals surface area contributed by atoms with Gasteiger partial charge in [-0.25, -0.2) is 17.9 Å². The van der Waals surface area contributed by atoms with Crippen molar-refractivity contribution in [2.75, 3.05) is 12.3 Å². The van der Waals surface area contributed by atoms with Crippen molar-refractivity contribution in [2.45, 2.75) is 13.0 Å². The van der Waals surface area contributed by atoms with Gasteiger partial charge in [0.25, 0.3) is 0 Å². The second-order valence-corrected chi connectivity index (χ2v) is 7.44. The minimum Gasteiger partial charge on any atom is -0.338 e. The lowest BCUT2D eigenvalue weighted by atomic mass is 10.1. The predicted molar refractivity (Wildman–Crippen MR) is 75.6 cm³/mol. The highest BCUT2D eigenvalue weighted by Crippen LogP contribution is 2.23. The van der Waals surface area contributed by atoms with E-state index in [1.807, 2.05) is 0 Å². The predicted octanol–water partition coefficient (Wildman–Crippen LogP) is 1.23. The maximum absolute atomic E-state index is 13.1. The standard InChI is InChI=1S/C12H14BrFN2O3S/c13-10-3-8(1-2-11(10)14)5-16-6-9(4-12(16)17)7-20(15,18)19/h1-3,9H,4-7H2,(H2,15,18,19). The van der Waals surface area contributed by atoms with E-state index in [4.69, 9.17) is 5.14 Å². The van der Waals surface area contributed by atoms with Gasteiger partial charge in [-0.3, -0.25) is 4.79 Å². The lowest BCUT2D eigenvalue weighted by Gasteiger charge is -2.16. The van der Waals surface area contributed by atoms with Gasteiger partial charge in [0.05, 0.1) is 10.2 Å². The maximum atomic E-state index is 13.1. The monoisotopic (exact) mass is 364 g/mol. The Morgan fingerprint density at radius 2 is 2.15 bits per heavy atom. The van der Waals surface area contributed by atoms with Crippen molar-refractivity contribution in [2.24, 2.45) is 11.1 Å². The Labute approximate surface area is 125 Å². The van der Waals surface area contributed by atoms with Crippen LogP contribution in [-0.2, 0) is 21.4 Å². The summed E-state index contributed by atoms with van der Waals surface area (Å²) in [4.78, 5) is 13.4. The van der Waals surface area contributed by atoms with Crippen LogP contribution in [0.1, 0.15) is 12.0 Å². The molecular formula is C12H14BrFN2O3S. The molecule has 1 amide bonds. The van der Waals surface area contributed by atoms with Gasteiger partial charge in [-0.2, -0.15) is 0 Å². The van der Waals surface area contributed by atoms with Crippen molar-refractivity contribution in [3.63, 3.8) is 0 Å². The molecule has 8 heteroatoms. The van der Waals surface area contributed by atoms with E-state index in [9.17, 15) is 17.6 Å². The molecule has 0 aromatic heterocycles. The van der Waals surface area contributed by atoms with Crippen LogP contribution in [0, 0.1) is 11.7 Å². The highest BCUT2D eigenvalue weighted by molar-refractivity contribution is 9.10. The molecule has 1 saturated heterocycles. The first kappa shape index (κ1) is 15.4. The molecule has 0 spiro atoms. The normalized spacial score (nSPS) is 19.6. The molecule has 0 aliphatic carbocycles. The van der Waals surface area contributed by atoms with Gasteiger partial charge in [-0.1, -0.05) is 6.07 Å². The third-order valence-electron chi connectivity index (χ3n) is 3.12. The molecule has 2 N–H and O–H groups in total. The van der Waals surface area contributed by atoms with E-state index in [2.05, 4.69) is 15.9 Å². The zero-order valence-electron chi connectivity index (χ0n) is 10.6. The number of carbonyl (C=O) groups excluding carboxylic acids is 1. The Morgan fingerprint density at radius 3 is 2.75 bits per heavy atom. The number of primary sulfonamides is 1. The number of rotatable bonds is 4. The zero-order valence-corrected chi connectivity index (χ0v) is 13.0. The molecule has 0 bridgehead atoms. The molecule has 20 heavy (non-hydrogen) atoms. The Balaban J connectivity index is 2.03. The van der Waals surface area contributed by atoms with Crippen molar-refractivity contribution in [3.05, 3.63) is 34.1 Å². The van der Waals surface area contributed by atoms with Crippen LogP contribution in [0.15, 0.2) is 22.7 Å². The van der Waals surface area contributed by atoms with Gasteiger partial charge in [0, 0.05) is 25.4 Å². The van der Waals surface area contributed by atoms with E-state index in [-0.39, 0.29) is 29.8 Å². The third-order valence-corrected chi connectivity index (χ3v) is 4.66. The van der Waals surface area contributed by atoms with Crippen molar-refractivity contribution in [3.8, 4) is 0 Å². The van der Waals surface area contributed by atoms with E-state index in [0.29, 0.717) is 17.6 Å². The van der Waals surface area contributed by atoms with Gasteiger partial charge in [-0.05, 0) is 33.6 Å². The van der Waals surface area contributed by atoms with Crippen LogP contribution in [-0.4, -0.2) is 31.5 Å². The van der Waals surface area contributed by atoms with E-state index >= 15 is 0 Å². The van der Waals surface area contributed by atoms with Gasteiger partial charge in [-0.15, -0.1) is 0 Å². The first-order valence-corrected chi connectivity index (χ1v) is 8.47. The summed E-state index contributed by atoms with van der Waals surface area (Å²) in [6.45, 7) is 0.684. The van der Waals surface area contributed by atoms with E-state index in [0.717, 1.165) is 5.56 Å². The fraction of sp³-hybridized carbons (Fsp3) is 0.417. The third kappa shape index (κ3) is 4.00. The van der Waals surface area contributed by atoms with Gasteiger partial charge < -0.3 is 4.90 Å². The van der Waals surface area contributed by atoms with Crippen LogP contribution in [0.3, 0.4) is 0 Å². The number of nitrogens with two attached hydrogens (primary N) is 1. The fourth-order valence-electron chi connectivity index (χ4n) is 2.31. The number of hydrogen-bond donors (Lipinski definition) is 1. The van der Waals surface area contributed by atoms with Crippen LogP contribution in [0.5, 0.6) is 0 Å². The summed E-state index contributed by atoms with van der Waals surface area (Å²) in [6, 6.07) is 4.53. The summed E-state index contributed by atoms with van der Waals surface area (Å²) in [7, 11) is -3.58. The topological polar surface area (TPSA) is 80.5 Å². The van der Waals surface area contributed by atoms with E-state index in [1.165, 1.54) is 6.07 Å². The van der Waals surface area contributed by atoms with E-state index in [1.54, 1.807) is 17.0 Å². The summed E-state index contributed by atoms with van der Waals surface area (Å²) in [6.07, 6.45) is 0.179. The first-order chi connectivity index (χ1) is 9.24. The molecule has 1 aromatic rings. The van der Waals surface area contributed by atoms with Gasteiger partial charge in [0.2, 0.25) is 15.9 Å². The number of sulfonamides is 1. The van der Waals surface area contributed by atoms with Gasteiger partial charge >= 0.3 is 0 Å². The molecule has 2 rings (SSSR count). The summed E-state index contributed by atoms with van der Waals surface area (Å²) in [5, 5.41) is 4.99. The minimum atomic E-state index is -3.58. The number of halogens is 2. The van der Waals surface area contributed by atoms with Crippen molar-refractivity contribution < 1.29 is 17.6 Å². The first-order valence-electron chi connectivity index (χ1n) is 5.97. The molecular weight excluding hydrogens is 351 g/mol. The average Bonchev–Trinajstić information content (AvgIpc) is 2.62. The molecule has 5 nitrogen and oxygen atoms in total. The Hall–Kier alpha value is -0.990. The van der Waals surface area contributed by atoms with Crippen LogP contribution < -0.4 is 5.14 Å². The van der Waals surface area contributed by atoms with Gasteiger partial charge in [0.1, 0.15) is 5.82 Å². The smallest absolute Gasteiger partial charge is 0.223 e. The Morgan fingerprint density at radius 1 is 1.45 bits per heavy atom. The lowest BCUT2D eigenvalue weighted by molar-refractivity contribution is -0.128. The average molecular weight is 365 g/mol. The molecule has 1 aromatic carbocycles. The number of hydrogen-bond acceptors (Lipinski definition) is 3. The van der Waals surface area contributed by atoms with Crippen LogP contribution in [0.25, 0.3) is 0 Å². The maximum Gasteiger partial charge on any atom is 0.223 e. The van der Waals surface area contributed by atoms with Crippen LogP contribution >= 0.6 is 15.9 Å². The van der Waals surface area contributed by atoms with Crippen LogP contribution in [0.2, 0.25) is 0 Å². The summed E-state index contributed by atoms with van der Waals surface area (Å²) < 4.78 is 35.5. The van der Waals surface area contributed by atoms with Gasteiger partial charge in [0.15, 0.2) is 0 Å². The SMILES string of the molecule is NS(=O)(=O)CC1CC(=O)N(Cc2ccc(F)c(Br)c2)C1. The molecule has 0 saturated carbocycles. The fourth-order valence-corrected chi connectivity index (χ4v) is 3.61. The lowest BCUT2D eigenvalue weighted by Crippen LogP contribution is -2.27. The van der Waals surface area contributed by atoms with Crippen molar-refractivity contribution in [1.29, 1.82) is 0 Å². The summed E-state index contributed by atoms with van der Waals surface area (Å²) in [5.74, 6) is -0.948. The van der Waals surface area contributed by atoms with Crippen molar-refractivity contribution >= 4 is 31.9 Å². The number of nitrogens with zero attached hydrogens (tertiary/aromatic N) is 1. The minimum absolute atomic E-state index is 0.112. The summed E-state index contributed by atoms with van der Waals surface area (Å²) >= 11 is 3.09. The summed E-state index contributed by atoms with van der Waals surface area (Å²) in [5.41, 5.74) is 0.780. The van der Waals surface area contributed by atoms with E-state index < -0.39 is 10.0 Å². The number of amides is 1. The molecule has 1 unspecified atom stereocenters. The second-order valence-electron chi connectivity index (χ2n) is 4.92. The molecule has 110 valence electrons. The zero-order chi connectivity index (χ0) is 14.9. The molecule has 0 radical (unpaired) electrons. The molecule has 1 heterocycles. The number of likely N-dealkylation sites (tertiary alicyclic amines) is 1. The van der Waals surface area contributed by atoms with Crippen molar-refractivity contribution in [1.82, 2.24) is 4.90 Å². The number of carbonyl (C=O) groups is 1. The highest BCUT2D eigenvalue weighted by Gasteiger charge is 2.31. The Kier molecular flexibility index (Phi) is 4.46. The number of benzene rings is 1. The Bertz CT molecular complexity index is 636. The highest BCUT2D eigenvalue weighted by atomic mass is 79.9. The van der Waals surface area contributed by atoms with Crippen LogP contribution in [0.4, 0.5) is 4.39 Å².